The average Bonchev–Trinajstić information content (AvgIpc) is 3.28. The molecule has 3 aromatic rings. The summed E-state index contributed by atoms with van der Waals surface area (Å²) in [5.41, 5.74) is 0.965. The largest absolute Gasteiger partial charge is 0.493 e. The molecule has 174 valence electrons. The highest BCUT2D eigenvalue weighted by molar-refractivity contribution is 7.14. The number of nitrogens with zero attached hydrogens (tertiary/aromatic N) is 3. The zero-order chi connectivity index (χ0) is 24.1. The van der Waals surface area contributed by atoms with E-state index in [1.165, 1.54) is 36.5 Å². The minimum atomic E-state index is -0.431. The van der Waals surface area contributed by atoms with E-state index in [0.717, 1.165) is 6.42 Å². The highest BCUT2D eigenvalue weighted by Crippen LogP contribution is 2.37. The van der Waals surface area contributed by atoms with Crippen molar-refractivity contribution >= 4 is 57.2 Å². The van der Waals surface area contributed by atoms with Crippen LogP contribution in [0, 0.1) is 0 Å². The summed E-state index contributed by atoms with van der Waals surface area (Å²) < 4.78 is 10.7. The number of carbonyl (C=O) groups is 2. The summed E-state index contributed by atoms with van der Waals surface area (Å²) >= 11 is 13.5. The van der Waals surface area contributed by atoms with Crippen molar-refractivity contribution in [3.05, 3.63) is 63.1 Å². The first-order valence-corrected chi connectivity index (χ1v) is 11.7. The van der Waals surface area contributed by atoms with E-state index in [1.807, 2.05) is 6.92 Å². The third-order valence-electron chi connectivity index (χ3n) is 4.80. The molecule has 1 heterocycles. The van der Waals surface area contributed by atoms with Crippen LogP contribution in [-0.2, 0) is 0 Å². The van der Waals surface area contributed by atoms with Crippen LogP contribution in [0.1, 0.15) is 34.2 Å². The van der Waals surface area contributed by atoms with Crippen LogP contribution in [0.2, 0.25) is 10.0 Å². The Morgan fingerprint density at radius 2 is 1.76 bits per heavy atom. The molecule has 0 fully saturated rings. The Bertz CT molecular complexity index is 1170. The van der Waals surface area contributed by atoms with E-state index >= 15 is 0 Å². The van der Waals surface area contributed by atoms with Crippen LogP contribution in [0.4, 0.5) is 10.8 Å². The zero-order valence-corrected chi connectivity index (χ0v) is 20.9. The fraction of sp³-hybridized carbons (Fsp3) is 0.261. The maximum absolute atomic E-state index is 13.6. The Hall–Kier alpha value is -2.81. The average molecular weight is 508 g/mol. The summed E-state index contributed by atoms with van der Waals surface area (Å²) in [6.07, 6.45) is 0.824. The van der Waals surface area contributed by atoms with Gasteiger partial charge in [-0.3, -0.25) is 14.5 Å². The van der Waals surface area contributed by atoms with E-state index in [9.17, 15) is 9.59 Å². The van der Waals surface area contributed by atoms with Gasteiger partial charge in [0.25, 0.3) is 11.8 Å². The summed E-state index contributed by atoms with van der Waals surface area (Å²) in [7, 11) is 4.75. The van der Waals surface area contributed by atoms with Gasteiger partial charge in [0, 0.05) is 30.1 Å². The normalized spacial score (nSPS) is 10.6. The molecule has 0 saturated heterocycles. The Morgan fingerprint density at radius 1 is 1.03 bits per heavy atom. The van der Waals surface area contributed by atoms with Gasteiger partial charge in [0.2, 0.25) is 0 Å². The third-order valence-corrected chi connectivity index (χ3v) is 6.17. The molecule has 0 atom stereocenters. The van der Waals surface area contributed by atoms with Gasteiger partial charge in [-0.25, -0.2) is 4.98 Å². The molecule has 10 heteroatoms. The number of thiazole rings is 1. The predicted molar refractivity (Wildman–Crippen MR) is 132 cm³/mol. The summed E-state index contributed by atoms with van der Waals surface area (Å²) in [6, 6.07) is 9.69. The van der Waals surface area contributed by atoms with Crippen molar-refractivity contribution in [2.24, 2.45) is 0 Å². The van der Waals surface area contributed by atoms with Gasteiger partial charge < -0.3 is 14.4 Å². The Labute approximate surface area is 206 Å². The highest BCUT2D eigenvalue weighted by atomic mass is 35.5. The Kier molecular flexibility index (Phi) is 8.18. The van der Waals surface area contributed by atoms with Crippen LogP contribution < -0.4 is 14.4 Å². The van der Waals surface area contributed by atoms with Crippen molar-refractivity contribution in [2.45, 2.75) is 13.3 Å². The van der Waals surface area contributed by atoms with Gasteiger partial charge in [0.05, 0.1) is 30.5 Å². The second-order valence-electron chi connectivity index (χ2n) is 7.05. The van der Waals surface area contributed by atoms with Gasteiger partial charge in [-0.15, -0.1) is 11.3 Å². The van der Waals surface area contributed by atoms with Crippen LogP contribution in [0.25, 0.3) is 0 Å². The molecule has 2 amide bonds. The van der Waals surface area contributed by atoms with Crippen molar-refractivity contribution in [1.82, 2.24) is 9.88 Å². The molecule has 0 aliphatic heterocycles. The standard InChI is InChI=1S/C23H23Cl2N3O4S/c1-5-10-27(2)22(30)18-13-33-23(26-18)28(15-7-9-19(31-3)20(12-15)32-4)21(29)16-8-6-14(24)11-17(16)25/h6-9,11-13H,5,10H2,1-4H3. The zero-order valence-electron chi connectivity index (χ0n) is 18.6. The lowest BCUT2D eigenvalue weighted by Gasteiger charge is -2.22. The lowest BCUT2D eigenvalue weighted by atomic mass is 10.1. The number of amides is 2. The Balaban J connectivity index is 2.10. The molecule has 0 unspecified atom stereocenters. The lowest BCUT2D eigenvalue weighted by Crippen LogP contribution is -2.28. The van der Waals surface area contributed by atoms with Crippen molar-refractivity contribution in [3.63, 3.8) is 0 Å². The van der Waals surface area contributed by atoms with Crippen molar-refractivity contribution in [3.8, 4) is 11.5 Å². The lowest BCUT2D eigenvalue weighted by molar-refractivity contribution is 0.0789. The molecule has 0 N–H and O–H groups in total. The molecule has 0 aliphatic rings. The summed E-state index contributed by atoms with van der Waals surface area (Å²) in [5, 5.41) is 2.56. The van der Waals surface area contributed by atoms with Gasteiger partial charge in [-0.2, -0.15) is 0 Å². The van der Waals surface area contributed by atoms with Gasteiger partial charge in [0.15, 0.2) is 16.6 Å². The summed E-state index contributed by atoms with van der Waals surface area (Å²) in [6.45, 7) is 2.59. The van der Waals surface area contributed by atoms with E-state index in [0.29, 0.717) is 33.9 Å². The van der Waals surface area contributed by atoms with Gasteiger partial charge in [-0.1, -0.05) is 30.1 Å². The molecule has 3 rings (SSSR count). The Morgan fingerprint density at radius 3 is 2.39 bits per heavy atom. The van der Waals surface area contributed by atoms with E-state index < -0.39 is 5.91 Å². The molecular weight excluding hydrogens is 485 g/mol. The van der Waals surface area contributed by atoms with Crippen molar-refractivity contribution in [2.75, 3.05) is 32.7 Å². The number of carbonyl (C=O) groups excluding carboxylic acids is 2. The number of anilines is 2. The summed E-state index contributed by atoms with van der Waals surface area (Å²) in [5.74, 6) is 0.294. The number of benzene rings is 2. The predicted octanol–water partition coefficient (Wildman–Crippen LogP) is 5.93. The maximum Gasteiger partial charge on any atom is 0.273 e. The number of hydrogen-bond donors (Lipinski definition) is 0. The maximum atomic E-state index is 13.6. The van der Waals surface area contributed by atoms with Crippen molar-refractivity contribution in [1.29, 1.82) is 0 Å². The van der Waals surface area contributed by atoms with E-state index in [1.54, 1.807) is 47.7 Å². The van der Waals surface area contributed by atoms with Gasteiger partial charge in [0.1, 0.15) is 5.69 Å². The molecule has 0 bridgehead atoms. The SMILES string of the molecule is CCCN(C)C(=O)c1csc(N(C(=O)c2ccc(Cl)cc2Cl)c2ccc(OC)c(OC)c2)n1. The third kappa shape index (κ3) is 5.40. The van der Waals surface area contributed by atoms with Gasteiger partial charge >= 0.3 is 0 Å². The first-order valence-electron chi connectivity index (χ1n) is 10.0. The fourth-order valence-corrected chi connectivity index (χ4v) is 4.46. The fourth-order valence-electron chi connectivity index (χ4n) is 3.16. The molecule has 0 aliphatic carbocycles. The van der Waals surface area contributed by atoms with E-state index in [2.05, 4.69) is 4.98 Å². The smallest absolute Gasteiger partial charge is 0.273 e. The first-order chi connectivity index (χ1) is 15.8. The topological polar surface area (TPSA) is 72.0 Å². The number of aromatic nitrogens is 1. The number of halogens is 2. The number of ether oxygens (including phenoxy) is 2. The van der Waals surface area contributed by atoms with Gasteiger partial charge in [-0.05, 0) is 36.8 Å². The molecule has 2 aromatic carbocycles. The molecule has 0 spiro atoms. The molecule has 33 heavy (non-hydrogen) atoms. The minimum absolute atomic E-state index is 0.202. The summed E-state index contributed by atoms with van der Waals surface area (Å²) in [4.78, 5) is 33.8. The number of hydrogen-bond acceptors (Lipinski definition) is 6. The first kappa shape index (κ1) is 24.8. The quantitative estimate of drug-likeness (QED) is 0.377. The van der Waals surface area contributed by atoms with E-state index in [4.69, 9.17) is 32.7 Å². The monoisotopic (exact) mass is 507 g/mol. The molecular formula is C23H23Cl2N3O4S. The number of rotatable bonds is 8. The highest BCUT2D eigenvalue weighted by Gasteiger charge is 2.27. The second-order valence-corrected chi connectivity index (χ2v) is 8.73. The number of methoxy groups -OCH3 is 2. The second kappa shape index (κ2) is 10.9. The van der Waals surface area contributed by atoms with Crippen LogP contribution in [0.3, 0.4) is 0 Å². The van der Waals surface area contributed by atoms with Crippen LogP contribution in [0.5, 0.6) is 11.5 Å². The van der Waals surface area contributed by atoms with Crippen LogP contribution >= 0.6 is 34.5 Å². The molecule has 1 aromatic heterocycles. The molecule has 0 saturated carbocycles. The van der Waals surface area contributed by atoms with Crippen LogP contribution in [-0.4, -0.2) is 49.5 Å². The van der Waals surface area contributed by atoms with Crippen LogP contribution in [0.15, 0.2) is 41.8 Å². The molecule has 7 nitrogen and oxygen atoms in total. The molecule has 0 radical (unpaired) electrons. The minimum Gasteiger partial charge on any atom is -0.493 e. The van der Waals surface area contributed by atoms with E-state index in [-0.39, 0.29) is 22.2 Å². The van der Waals surface area contributed by atoms with Crippen molar-refractivity contribution < 1.29 is 19.1 Å².